The average molecular weight is 460 g/mol. The van der Waals surface area contributed by atoms with Crippen molar-refractivity contribution in [1.82, 2.24) is 0 Å². The third-order valence-corrected chi connectivity index (χ3v) is 4.47. The van der Waals surface area contributed by atoms with E-state index in [0.29, 0.717) is 16.7 Å². The van der Waals surface area contributed by atoms with E-state index in [2.05, 4.69) is 19.4 Å². The lowest BCUT2D eigenvalue weighted by molar-refractivity contribution is -0.382. The van der Waals surface area contributed by atoms with Crippen LogP contribution in [0.25, 0.3) is 0 Å². The van der Waals surface area contributed by atoms with Crippen molar-refractivity contribution in [1.29, 1.82) is 0 Å². The molecule has 0 aromatic rings. The number of Topliss-reactive ketones (excluding diaryl/α,β-unsaturated/α-hetero) is 1. The summed E-state index contributed by atoms with van der Waals surface area (Å²) >= 11 is 0. The molecular weight excluding hydrogens is 443 g/mol. The number of unbranched alkanes of at least 4 members (excludes halogenated alkanes) is 1. The second-order valence-corrected chi connectivity index (χ2v) is 9.07. The predicted molar refractivity (Wildman–Crippen MR) is 79.2 cm³/mol. The van der Waals surface area contributed by atoms with Crippen LogP contribution in [0.15, 0.2) is 0 Å². The normalized spacial score (nSPS) is 14.0. The summed E-state index contributed by atoms with van der Waals surface area (Å²) in [5.74, 6) is -13.6. The summed E-state index contributed by atoms with van der Waals surface area (Å²) in [6.45, 7) is 2.12. The van der Waals surface area contributed by atoms with Gasteiger partial charge in [0.1, 0.15) is 0 Å². The topological polar surface area (TPSA) is 74.3 Å². The number of rotatable bonds is 8. The number of carbonyl (C=O) groups is 1. The number of alkyl halides is 9. The Bertz CT molecular complexity index is 586. The summed E-state index contributed by atoms with van der Waals surface area (Å²) in [6.07, 6.45) is 0.0585. The molecule has 0 N–H and O–H groups in total. The smallest absolute Gasteiger partial charge is 0.460 e. The first kappa shape index (κ1) is 28.5. The van der Waals surface area contributed by atoms with Crippen LogP contribution in [0.1, 0.15) is 26.2 Å². The molecule has 0 aromatic carbocycles. The lowest BCUT2D eigenvalue weighted by atomic mass is 10.1. The lowest BCUT2D eigenvalue weighted by Gasteiger charge is -2.34. The first-order chi connectivity index (χ1) is 11.7. The molecule has 0 radical (unpaired) electrons. The number of halogens is 9. The molecule has 0 unspecified atom stereocenters. The Balaban J connectivity index is 0. The summed E-state index contributed by atoms with van der Waals surface area (Å²) in [4.78, 5) is 11.0. The van der Waals surface area contributed by atoms with Crippen LogP contribution >= 0.6 is 0 Å². The maximum Gasteiger partial charge on any atom is 0.460 e. The lowest BCUT2D eigenvalue weighted by Crippen LogP contribution is -2.63. The van der Waals surface area contributed by atoms with E-state index in [0.717, 1.165) is 25.0 Å². The molecule has 0 aliphatic rings. The van der Waals surface area contributed by atoms with Gasteiger partial charge in [-0.2, -0.15) is 39.5 Å². The predicted octanol–water partition coefficient (Wildman–Crippen LogP) is 3.58. The highest BCUT2D eigenvalue weighted by Gasteiger charge is 2.83. The van der Waals surface area contributed by atoms with Crippen molar-refractivity contribution in [3.63, 3.8) is 0 Å². The Labute approximate surface area is 152 Å². The van der Waals surface area contributed by atoms with Crippen LogP contribution in [0.4, 0.5) is 39.5 Å². The highest BCUT2D eigenvalue weighted by molar-refractivity contribution is 7.96. The molecule has 0 fully saturated rings. The Morgan fingerprint density at radius 1 is 0.926 bits per heavy atom. The Morgan fingerprint density at radius 2 is 1.33 bits per heavy atom. The molecule has 0 spiro atoms. The van der Waals surface area contributed by atoms with Crippen LogP contribution in [0.3, 0.4) is 0 Å². The Hall–Kier alpha value is -0.700. The number of hydrogen-bond acceptors (Lipinski definition) is 4. The van der Waals surface area contributed by atoms with E-state index < -0.39 is 33.4 Å². The standard InChI is InChI=1S/C8H17OS.C4HF9O3S/c1-4-5-6-8(9)7-10(2)3;5-1(6,3(9,10)11)2(7,8)4(12,13)17(14,15)16/h4-7H2,1-3H3;(H,14,15,16)/q+1;/p-1. The highest BCUT2D eigenvalue weighted by Crippen LogP contribution is 2.54. The van der Waals surface area contributed by atoms with E-state index in [1.54, 1.807) is 0 Å². The molecule has 0 aliphatic heterocycles. The molecule has 0 heterocycles. The van der Waals surface area contributed by atoms with Crippen LogP contribution in [-0.4, -0.2) is 60.3 Å². The van der Waals surface area contributed by atoms with Gasteiger partial charge in [-0.1, -0.05) is 13.3 Å². The van der Waals surface area contributed by atoms with E-state index in [9.17, 15) is 57.3 Å². The second-order valence-electron chi connectivity index (χ2n) is 5.39. The van der Waals surface area contributed by atoms with Crippen molar-refractivity contribution in [3.05, 3.63) is 0 Å². The van der Waals surface area contributed by atoms with Crippen molar-refractivity contribution >= 4 is 26.8 Å². The van der Waals surface area contributed by atoms with Crippen LogP contribution in [0.5, 0.6) is 0 Å². The van der Waals surface area contributed by atoms with E-state index in [1.807, 2.05) is 0 Å². The maximum atomic E-state index is 12.2. The largest absolute Gasteiger partial charge is 0.743 e. The van der Waals surface area contributed by atoms with Gasteiger partial charge in [-0.3, -0.25) is 4.79 Å². The van der Waals surface area contributed by atoms with E-state index in [4.69, 9.17) is 0 Å². The number of carbonyl (C=O) groups excluding carboxylic acids is 1. The molecule has 0 rings (SSSR count). The van der Waals surface area contributed by atoms with Crippen LogP contribution in [0, 0.1) is 0 Å². The van der Waals surface area contributed by atoms with Crippen LogP contribution in [-0.2, 0) is 25.8 Å². The SMILES string of the molecule is CCCCC(=O)C[S+](C)C.O=S(=O)([O-])C(F)(F)C(F)(F)C(F)(F)C(F)(F)F. The fraction of sp³-hybridized carbons (Fsp3) is 0.917. The maximum absolute atomic E-state index is 12.2. The van der Waals surface area contributed by atoms with Gasteiger partial charge in [-0.05, 0) is 17.3 Å². The van der Waals surface area contributed by atoms with Gasteiger partial charge in [0.15, 0.2) is 21.7 Å². The minimum Gasteiger partial charge on any atom is -0.743 e. The molecule has 0 atom stereocenters. The van der Waals surface area contributed by atoms with Crippen molar-refractivity contribution in [3.8, 4) is 0 Å². The second kappa shape index (κ2) is 9.67. The number of ketones is 1. The molecule has 0 saturated heterocycles. The monoisotopic (exact) mass is 460 g/mol. The minimum absolute atomic E-state index is 0.301. The van der Waals surface area contributed by atoms with Gasteiger partial charge in [0.25, 0.3) is 0 Å². The zero-order chi connectivity index (χ0) is 22.5. The van der Waals surface area contributed by atoms with Crippen molar-refractivity contribution in [2.45, 2.75) is 49.5 Å². The molecular formula is C12H17F9O4S2. The fourth-order valence-corrected chi connectivity index (χ4v) is 2.52. The molecule has 164 valence electrons. The molecule has 0 aliphatic carbocycles. The van der Waals surface area contributed by atoms with Gasteiger partial charge in [0.2, 0.25) is 0 Å². The summed E-state index contributed by atoms with van der Waals surface area (Å²) in [7, 11) is -7.12. The summed E-state index contributed by atoms with van der Waals surface area (Å²) in [5, 5.41) is -7.11. The van der Waals surface area contributed by atoms with Gasteiger partial charge in [0, 0.05) is 6.42 Å². The molecule has 0 bridgehead atoms. The quantitative estimate of drug-likeness (QED) is 0.315. The molecule has 27 heavy (non-hydrogen) atoms. The van der Waals surface area contributed by atoms with Crippen molar-refractivity contribution in [2.24, 2.45) is 0 Å². The van der Waals surface area contributed by atoms with Crippen molar-refractivity contribution in [2.75, 3.05) is 18.3 Å². The van der Waals surface area contributed by atoms with Gasteiger partial charge in [-0.15, -0.1) is 0 Å². The highest BCUT2D eigenvalue weighted by atomic mass is 32.2. The van der Waals surface area contributed by atoms with Gasteiger partial charge >= 0.3 is 23.3 Å². The third kappa shape index (κ3) is 7.33. The fourth-order valence-electron chi connectivity index (χ4n) is 1.29. The van der Waals surface area contributed by atoms with E-state index >= 15 is 0 Å². The average Bonchev–Trinajstić information content (AvgIpc) is 2.42. The minimum atomic E-state index is -7.43. The first-order valence-electron chi connectivity index (χ1n) is 6.88. The molecule has 15 heteroatoms. The van der Waals surface area contributed by atoms with E-state index in [-0.39, 0.29) is 0 Å². The zero-order valence-corrected chi connectivity index (χ0v) is 15.8. The van der Waals surface area contributed by atoms with Gasteiger partial charge in [0.05, 0.1) is 12.5 Å². The summed E-state index contributed by atoms with van der Waals surface area (Å²) in [5.41, 5.74) is 0. The molecule has 0 aromatic heterocycles. The van der Waals surface area contributed by atoms with Crippen LogP contribution < -0.4 is 0 Å². The summed E-state index contributed by atoms with van der Waals surface area (Å²) < 4.78 is 135. The van der Waals surface area contributed by atoms with Gasteiger partial charge < -0.3 is 4.55 Å². The van der Waals surface area contributed by atoms with E-state index in [1.165, 1.54) is 0 Å². The van der Waals surface area contributed by atoms with Gasteiger partial charge in [-0.25, -0.2) is 8.42 Å². The Morgan fingerprint density at radius 3 is 1.59 bits per heavy atom. The summed E-state index contributed by atoms with van der Waals surface area (Å²) in [6, 6.07) is 0. The van der Waals surface area contributed by atoms with Crippen LogP contribution in [0.2, 0.25) is 0 Å². The molecule has 0 saturated carbocycles. The number of hydrogen-bond donors (Lipinski definition) is 0. The van der Waals surface area contributed by atoms with Crippen molar-refractivity contribution < 1.29 is 57.3 Å². The molecule has 4 nitrogen and oxygen atoms in total. The third-order valence-electron chi connectivity index (χ3n) is 2.69. The first-order valence-corrected chi connectivity index (χ1v) is 10.5. The molecule has 0 amide bonds. The zero-order valence-electron chi connectivity index (χ0n) is 14.2. The Kier molecular flexibility index (Phi) is 10.2.